The van der Waals surface area contributed by atoms with E-state index in [0.29, 0.717) is 6.04 Å². The van der Waals surface area contributed by atoms with Crippen LogP contribution >= 0.6 is 0 Å². The number of aromatic nitrogens is 2. The number of benzene rings is 1. The van der Waals surface area contributed by atoms with E-state index in [1.807, 2.05) is 6.92 Å². The predicted octanol–water partition coefficient (Wildman–Crippen LogP) is 3.56. The van der Waals surface area contributed by atoms with Crippen molar-refractivity contribution in [3.8, 4) is 11.3 Å². The van der Waals surface area contributed by atoms with Gasteiger partial charge >= 0.3 is 0 Å². The molecule has 1 aliphatic carbocycles. The summed E-state index contributed by atoms with van der Waals surface area (Å²) < 4.78 is 13.0. The van der Waals surface area contributed by atoms with Crippen molar-refractivity contribution in [2.24, 2.45) is 0 Å². The van der Waals surface area contributed by atoms with Crippen LogP contribution in [-0.4, -0.2) is 16.0 Å². The van der Waals surface area contributed by atoms with Crippen LogP contribution in [0.25, 0.3) is 11.3 Å². The summed E-state index contributed by atoms with van der Waals surface area (Å²) in [5.41, 5.74) is 2.89. The highest BCUT2D eigenvalue weighted by molar-refractivity contribution is 5.61. The number of hydrogen-bond donors (Lipinski definition) is 2. The van der Waals surface area contributed by atoms with Crippen molar-refractivity contribution in [1.29, 1.82) is 0 Å². The number of nitrogens with one attached hydrogen (secondary N) is 2. The molecule has 1 heterocycles. The van der Waals surface area contributed by atoms with Crippen LogP contribution in [0.5, 0.6) is 0 Å². The van der Waals surface area contributed by atoms with E-state index in [9.17, 15) is 4.39 Å². The van der Waals surface area contributed by atoms with E-state index < -0.39 is 0 Å². The van der Waals surface area contributed by atoms with Crippen molar-refractivity contribution < 1.29 is 4.39 Å². The molecule has 0 amide bonds. The van der Waals surface area contributed by atoms with Crippen LogP contribution in [0.4, 0.5) is 4.39 Å². The minimum atomic E-state index is -0.218. The first-order valence-electron chi connectivity index (χ1n) is 7.27. The maximum Gasteiger partial charge on any atom is 0.123 e. The summed E-state index contributed by atoms with van der Waals surface area (Å²) >= 11 is 0. The Morgan fingerprint density at radius 2 is 1.95 bits per heavy atom. The van der Waals surface area contributed by atoms with E-state index >= 15 is 0 Å². The topological polar surface area (TPSA) is 40.7 Å². The third-order valence-electron chi connectivity index (χ3n) is 3.96. The van der Waals surface area contributed by atoms with Crippen LogP contribution in [0, 0.1) is 12.7 Å². The molecular formula is C16H20FN3. The Hall–Kier alpha value is -1.68. The second-order valence-electron chi connectivity index (χ2n) is 5.53. The predicted molar refractivity (Wildman–Crippen MR) is 77.8 cm³/mol. The lowest BCUT2D eigenvalue weighted by Gasteiger charge is -2.09. The maximum atomic E-state index is 13.0. The van der Waals surface area contributed by atoms with Gasteiger partial charge in [0.05, 0.1) is 12.2 Å². The largest absolute Gasteiger partial charge is 0.344 e. The first kappa shape index (κ1) is 13.3. The summed E-state index contributed by atoms with van der Waals surface area (Å²) in [6, 6.07) is 7.12. The highest BCUT2D eigenvalue weighted by Gasteiger charge is 2.15. The molecule has 20 heavy (non-hydrogen) atoms. The Bertz CT molecular complexity index is 568. The fourth-order valence-corrected chi connectivity index (χ4v) is 2.87. The van der Waals surface area contributed by atoms with E-state index in [4.69, 9.17) is 0 Å². The number of imidazole rings is 1. The molecule has 0 bridgehead atoms. The lowest BCUT2D eigenvalue weighted by molar-refractivity contribution is 0.515. The number of aryl methyl sites for hydroxylation is 1. The van der Waals surface area contributed by atoms with Crippen molar-refractivity contribution >= 4 is 0 Å². The zero-order valence-electron chi connectivity index (χ0n) is 11.7. The zero-order chi connectivity index (χ0) is 13.9. The van der Waals surface area contributed by atoms with E-state index in [1.54, 1.807) is 12.1 Å². The number of hydrogen-bond acceptors (Lipinski definition) is 2. The van der Waals surface area contributed by atoms with Gasteiger partial charge in [0, 0.05) is 17.3 Å². The summed E-state index contributed by atoms with van der Waals surface area (Å²) in [6.45, 7) is 2.78. The second kappa shape index (κ2) is 5.75. The van der Waals surface area contributed by atoms with Crippen molar-refractivity contribution in [3.05, 3.63) is 41.6 Å². The summed E-state index contributed by atoms with van der Waals surface area (Å²) in [7, 11) is 0. The van der Waals surface area contributed by atoms with Gasteiger partial charge in [0.15, 0.2) is 0 Å². The molecule has 2 N–H and O–H groups in total. The average molecular weight is 273 g/mol. The van der Waals surface area contributed by atoms with Crippen molar-refractivity contribution in [2.45, 2.75) is 45.2 Å². The van der Waals surface area contributed by atoms with Gasteiger partial charge in [-0.25, -0.2) is 9.37 Å². The molecule has 1 saturated carbocycles. The van der Waals surface area contributed by atoms with E-state index in [1.165, 1.54) is 37.8 Å². The Morgan fingerprint density at radius 3 is 2.65 bits per heavy atom. The van der Waals surface area contributed by atoms with E-state index in [-0.39, 0.29) is 5.82 Å². The third-order valence-corrected chi connectivity index (χ3v) is 3.96. The highest BCUT2D eigenvalue weighted by Crippen LogP contribution is 2.22. The van der Waals surface area contributed by atoms with Crippen molar-refractivity contribution in [3.63, 3.8) is 0 Å². The molecule has 1 aromatic heterocycles. The second-order valence-corrected chi connectivity index (χ2v) is 5.53. The molecule has 1 aromatic carbocycles. The average Bonchev–Trinajstić information content (AvgIpc) is 3.07. The fraction of sp³-hybridized carbons (Fsp3) is 0.438. The SMILES string of the molecule is Cc1[nH]c(CNC2CCCC2)nc1-c1ccc(F)cc1. The molecule has 0 unspecified atom stereocenters. The first-order chi connectivity index (χ1) is 9.72. The van der Waals surface area contributed by atoms with Gasteiger partial charge in [0.25, 0.3) is 0 Å². The molecule has 1 aliphatic rings. The van der Waals surface area contributed by atoms with Crippen molar-refractivity contribution in [2.75, 3.05) is 0 Å². The van der Waals surface area contributed by atoms with Gasteiger partial charge in [-0.15, -0.1) is 0 Å². The van der Waals surface area contributed by atoms with Gasteiger partial charge in [0.1, 0.15) is 11.6 Å². The van der Waals surface area contributed by atoms with Gasteiger partial charge in [-0.05, 0) is 44.0 Å². The number of rotatable bonds is 4. The first-order valence-corrected chi connectivity index (χ1v) is 7.27. The zero-order valence-corrected chi connectivity index (χ0v) is 11.7. The van der Waals surface area contributed by atoms with E-state index in [0.717, 1.165) is 29.3 Å². The molecule has 0 radical (unpaired) electrons. The normalized spacial score (nSPS) is 15.9. The van der Waals surface area contributed by atoms with Crippen LogP contribution in [0.15, 0.2) is 24.3 Å². The number of nitrogens with zero attached hydrogens (tertiary/aromatic N) is 1. The molecule has 4 heteroatoms. The maximum absolute atomic E-state index is 13.0. The van der Waals surface area contributed by atoms with Gasteiger partial charge in [0.2, 0.25) is 0 Å². The van der Waals surface area contributed by atoms with Crippen LogP contribution in [0.1, 0.15) is 37.2 Å². The Labute approximate surface area is 118 Å². The summed E-state index contributed by atoms with van der Waals surface area (Å²) in [4.78, 5) is 7.94. The molecule has 2 aromatic rings. The minimum absolute atomic E-state index is 0.218. The molecule has 0 spiro atoms. The third kappa shape index (κ3) is 2.90. The van der Waals surface area contributed by atoms with Crippen LogP contribution in [0.2, 0.25) is 0 Å². The smallest absolute Gasteiger partial charge is 0.123 e. The molecular weight excluding hydrogens is 253 g/mol. The quantitative estimate of drug-likeness (QED) is 0.894. The van der Waals surface area contributed by atoms with Crippen LogP contribution in [0.3, 0.4) is 0 Å². The Balaban J connectivity index is 1.71. The molecule has 3 rings (SSSR count). The highest BCUT2D eigenvalue weighted by atomic mass is 19.1. The lowest BCUT2D eigenvalue weighted by Crippen LogP contribution is -2.25. The molecule has 0 atom stereocenters. The molecule has 0 saturated heterocycles. The van der Waals surface area contributed by atoms with Crippen LogP contribution in [-0.2, 0) is 6.54 Å². The number of aromatic amines is 1. The van der Waals surface area contributed by atoms with Gasteiger partial charge in [-0.1, -0.05) is 12.8 Å². The van der Waals surface area contributed by atoms with Gasteiger partial charge < -0.3 is 10.3 Å². The standard InChI is InChI=1S/C16H20FN3/c1-11-16(12-6-8-13(17)9-7-12)20-15(19-11)10-18-14-4-2-3-5-14/h6-9,14,18H,2-5,10H2,1H3,(H,19,20). The summed E-state index contributed by atoms with van der Waals surface area (Å²) in [5, 5.41) is 3.55. The van der Waals surface area contributed by atoms with E-state index in [2.05, 4.69) is 15.3 Å². The Morgan fingerprint density at radius 1 is 1.25 bits per heavy atom. The molecule has 1 fully saturated rings. The van der Waals surface area contributed by atoms with Gasteiger partial charge in [-0.2, -0.15) is 0 Å². The minimum Gasteiger partial charge on any atom is -0.344 e. The van der Waals surface area contributed by atoms with Crippen LogP contribution < -0.4 is 5.32 Å². The monoisotopic (exact) mass is 273 g/mol. The molecule has 106 valence electrons. The van der Waals surface area contributed by atoms with Crippen molar-refractivity contribution in [1.82, 2.24) is 15.3 Å². The number of H-pyrrole nitrogens is 1. The van der Waals surface area contributed by atoms with Gasteiger partial charge in [-0.3, -0.25) is 0 Å². The lowest BCUT2D eigenvalue weighted by atomic mass is 10.1. The summed E-state index contributed by atoms with van der Waals surface area (Å²) in [6.07, 6.45) is 5.19. The Kier molecular flexibility index (Phi) is 3.83. The fourth-order valence-electron chi connectivity index (χ4n) is 2.87. The molecule has 0 aliphatic heterocycles. The number of halogens is 1. The molecule has 3 nitrogen and oxygen atoms in total. The summed E-state index contributed by atoms with van der Waals surface area (Å²) in [5.74, 6) is 0.735.